The monoisotopic (exact) mass is 389 g/mol. The van der Waals surface area contributed by atoms with Crippen molar-refractivity contribution >= 4 is 23.0 Å². The number of halogens is 1. The maximum atomic E-state index is 14.8. The van der Waals surface area contributed by atoms with Crippen molar-refractivity contribution in [1.82, 2.24) is 0 Å². The largest absolute Gasteiger partial charge is 0.368 e. The Morgan fingerprint density at radius 2 is 1.52 bits per heavy atom. The van der Waals surface area contributed by atoms with Crippen LogP contribution in [0.1, 0.15) is 15.9 Å². The second-order valence-electron chi connectivity index (χ2n) is 7.30. The van der Waals surface area contributed by atoms with E-state index in [4.69, 9.17) is 0 Å². The smallest absolute Gasteiger partial charge is 0.255 e. The first-order valence-electron chi connectivity index (χ1n) is 9.83. The Hall–Kier alpha value is -3.34. The Morgan fingerprint density at radius 3 is 2.17 bits per heavy atom. The van der Waals surface area contributed by atoms with E-state index in [1.807, 2.05) is 37.3 Å². The number of piperazine rings is 1. The van der Waals surface area contributed by atoms with Gasteiger partial charge in [0.15, 0.2) is 0 Å². The van der Waals surface area contributed by atoms with Gasteiger partial charge in [-0.3, -0.25) is 4.79 Å². The Bertz CT molecular complexity index is 981. The third-order valence-electron chi connectivity index (χ3n) is 5.26. The number of nitrogens with zero attached hydrogens (tertiary/aromatic N) is 2. The maximum absolute atomic E-state index is 14.8. The highest BCUT2D eigenvalue weighted by Gasteiger charge is 2.20. The Morgan fingerprint density at radius 1 is 0.862 bits per heavy atom. The summed E-state index contributed by atoms with van der Waals surface area (Å²) >= 11 is 0. The predicted octanol–water partition coefficient (Wildman–Crippen LogP) is 4.71. The summed E-state index contributed by atoms with van der Waals surface area (Å²) in [7, 11) is 0. The van der Waals surface area contributed by atoms with E-state index in [2.05, 4.69) is 27.2 Å². The zero-order chi connectivity index (χ0) is 20.2. The molecule has 5 heteroatoms. The van der Waals surface area contributed by atoms with Crippen molar-refractivity contribution in [1.29, 1.82) is 0 Å². The van der Waals surface area contributed by atoms with Gasteiger partial charge in [-0.2, -0.15) is 0 Å². The van der Waals surface area contributed by atoms with Gasteiger partial charge in [0.1, 0.15) is 5.82 Å². The summed E-state index contributed by atoms with van der Waals surface area (Å²) in [6.45, 7) is 5.15. The molecule has 1 saturated heterocycles. The number of carbonyl (C=O) groups is 1. The molecule has 1 N–H and O–H groups in total. The van der Waals surface area contributed by atoms with Crippen molar-refractivity contribution in [3.63, 3.8) is 0 Å². The lowest BCUT2D eigenvalue weighted by molar-refractivity contribution is 0.102. The lowest BCUT2D eigenvalue weighted by Gasteiger charge is -2.37. The first-order valence-corrected chi connectivity index (χ1v) is 9.83. The van der Waals surface area contributed by atoms with E-state index < -0.39 is 0 Å². The van der Waals surface area contributed by atoms with Crippen LogP contribution in [0.25, 0.3) is 0 Å². The highest BCUT2D eigenvalue weighted by Crippen LogP contribution is 2.25. The average molecular weight is 389 g/mol. The van der Waals surface area contributed by atoms with Gasteiger partial charge >= 0.3 is 0 Å². The first-order chi connectivity index (χ1) is 14.1. The lowest BCUT2D eigenvalue weighted by atomic mass is 10.1. The van der Waals surface area contributed by atoms with E-state index in [0.717, 1.165) is 31.7 Å². The lowest BCUT2D eigenvalue weighted by Crippen LogP contribution is -2.46. The van der Waals surface area contributed by atoms with Gasteiger partial charge in [0.05, 0.1) is 5.69 Å². The molecule has 0 aliphatic carbocycles. The molecule has 0 unspecified atom stereocenters. The SMILES string of the molecule is Cc1ccc(C(=O)Nc2ccc(N3CCN(c4ccccc4)CC3)c(F)c2)cc1. The summed E-state index contributed by atoms with van der Waals surface area (Å²) in [5, 5.41) is 2.77. The highest BCUT2D eigenvalue weighted by molar-refractivity contribution is 6.04. The number of amides is 1. The average Bonchev–Trinajstić information content (AvgIpc) is 2.75. The van der Waals surface area contributed by atoms with Gasteiger partial charge < -0.3 is 15.1 Å². The molecule has 3 aromatic rings. The van der Waals surface area contributed by atoms with Gasteiger partial charge in [0, 0.05) is 43.1 Å². The molecule has 1 fully saturated rings. The number of aryl methyl sites for hydroxylation is 1. The number of carbonyl (C=O) groups excluding carboxylic acids is 1. The summed E-state index contributed by atoms with van der Waals surface area (Å²) in [6, 6.07) is 22.5. The molecule has 29 heavy (non-hydrogen) atoms. The van der Waals surface area contributed by atoms with Crippen LogP contribution in [0.4, 0.5) is 21.5 Å². The fourth-order valence-electron chi connectivity index (χ4n) is 3.59. The number of para-hydroxylation sites is 1. The number of hydrogen-bond donors (Lipinski definition) is 1. The summed E-state index contributed by atoms with van der Waals surface area (Å²) in [5.74, 6) is -0.562. The minimum absolute atomic E-state index is 0.242. The van der Waals surface area contributed by atoms with E-state index in [1.54, 1.807) is 24.3 Å². The van der Waals surface area contributed by atoms with Crippen LogP contribution in [0.3, 0.4) is 0 Å². The van der Waals surface area contributed by atoms with Crippen LogP contribution < -0.4 is 15.1 Å². The molecule has 4 nitrogen and oxygen atoms in total. The van der Waals surface area contributed by atoms with E-state index in [0.29, 0.717) is 16.9 Å². The van der Waals surface area contributed by atoms with Gasteiger partial charge in [-0.05, 0) is 49.4 Å². The van der Waals surface area contributed by atoms with Crippen molar-refractivity contribution in [3.05, 3.63) is 89.7 Å². The molecule has 0 bridgehead atoms. The fraction of sp³-hybridized carbons (Fsp3) is 0.208. The molecular formula is C24H24FN3O. The van der Waals surface area contributed by atoms with Crippen LogP contribution in [0.2, 0.25) is 0 Å². The highest BCUT2D eigenvalue weighted by atomic mass is 19.1. The molecule has 148 valence electrons. The van der Waals surface area contributed by atoms with Crippen molar-refractivity contribution in [2.45, 2.75) is 6.92 Å². The zero-order valence-corrected chi connectivity index (χ0v) is 16.4. The molecule has 3 aromatic carbocycles. The van der Waals surface area contributed by atoms with Crippen molar-refractivity contribution in [3.8, 4) is 0 Å². The molecule has 1 aliphatic heterocycles. The van der Waals surface area contributed by atoms with Crippen LogP contribution in [0, 0.1) is 12.7 Å². The number of benzene rings is 3. The molecule has 4 rings (SSSR count). The van der Waals surface area contributed by atoms with Crippen LogP contribution in [0.15, 0.2) is 72.8 Å². The quantitative estimate of drug-likeness (QED) is 0.702. The fourth-order valence-corrected chi connectivity index (χ4v) is 3.59. The molecule has 0 spiro atoms. The minimum Gasteiger partial charge on any atom is -0.368 e. The van der Waals surface area contributed by atoms with Crippen molar-refractivity contribution in [2.24, 2.45) is 0 Å². The second-order valence-corrected chi connectivity index (χ2v) is 7.30. The van der Waals surface area contributed by atoms with Crippen LogP contribution >= 0.6 is 0 Å². The normalized spacial score (nSPS) is 14.0. The van der Waals surface area contributed by atoms with Crippen molar-refractivity contribution < 1.29 is 9.18 Å². The van der Waals surface area contributed by atoms with E-state index in [-0.39, 0.29) is 11.7 Å². The van der Waals surface area contributed by atoms with Crippen LogP contribution in [-0.4, -0.2) is 32.1 Å². The molecule has 1 amide bonds. The molecule has 0 radical (unpaired) electrons. The Labute approximate surface area is 170 Å². The first kappa shape index (κ1) is 19.0. The van der Waals surface area contributed by atoms with Gasteiger partial charge in [-0.25, -0.2) is 4.39 Å². The van der Waals surface area contributed by atoms with E-state index >= 15 is 0 Å². The zero-order valence-electron chi connectivity index (χ0n) is 16.4. The number of nitrogens with one attached hydrogen (secondary N) is 1. The van der Waals surface area contributed by atoms with Gasteiger partial charge in [-0.1, -0.05) is 35.9 Å². The van der Waals surface area contributed by atoms with E-state index in [1.165, 1.54) is 11.8 Å². The topological polar surface area (TPSA) is 35.6 Å². The Kier molecular flexibility index (Phi) is 5.47. The van der Waals surface area contributed by atoms with Crippen LogP contribution in [0.5, 0.6) is 0 Å². The number of hydrogen-bond acceptors (Lipinski definition) is 3. The predicted molar refractivity (Wildman–Crippen MR) is 116 cm³/mol. The molecule has 0 aromatic heterocycles. The summed E-state index contributed by atoms with van der Waals surface area (Å²) in [4.78, 5) is 16.7. The maximum Gasteiger partial charge on any atom is 0.255 e. The Balaban J connectivity index is 1.40. The molecular weight excluding hydrogens is 365 g/mol. The molecule has 0 saturated carbocycles. The van der Waals surface area contributed by atoms with Crippen molar-refractivity contribution in [2.75, 3.05) is 41.3 Å². The van der Waals surface area contributed by atoms with E-state index in [9.17, 15) is 9.18 Å². The van der Waals surface area contributed by atoms with Gasteiger partial charge in [-0.15, -0.1) is 0 Å². The summed E-state index contributed by atoms with van der Waals surface area (Å²) in [6.07, 6.45) is 0. The van der Waals surface area contributed by atoms with Gasteiger partial charge in [0.25, 0.3) is 5.91 Å². The second kappa shape index (κ2) is 8.35. The molecule has 1 aliphatic rings. The molecule has 1 heterocycles. The third kappa shape index (κ3) is 4.40. The number of rotatable bonds is 4. The third-order valence-corrected chi connectivity index (χ3v) is 5.26. The minimum atomic E-state index is -0.320. The summed E-state index contributed by atoms with van der Waals surface area (Å²) < 4.78 is 14.8. The number of anilines is 3. The summed E-state index contributed by atoms with van der Waals surface area (Å²) in [5.41, 5.74) is 3.87. The van der Waals surface area contributed by atoms with Crippen LogP contribution in [-0.2, 0) is 0 Å². The van der Waals surface area contributed by atoms with Gasteiger partial charge in [0.2, 0.25) is 0 Å². The standard InChI is InChI=1S/C24H24FN3O/c1-18-7-9-19(10-8-18)24(29)26-20-11-12-23(22(25)17-20)28-15-13-27(14-16-28)21-5-3-2-4-6-21/h2-12,17H,13-16H2,1H3,(H,26,29). The molecule has 0 atom stereocenters.